The number of amides is 3. The molecule has 5 rings (SSSR count). The van der Waals surface area contributed by atoms with Gasteiger partial charge in [0.2, 0.25) is 11.8 Å². The fourth-order valence-corrected chi connectivity index (χ4v) is 10.2. The molecule has 2 bridgehead atoms. The van der Waals surface area contributed by atoms with Crippen molar-refractivity contribution in [3.63, 3.8) is 0 Å². The molecule has 0 radical (unpaired) electrons. The molecular formula is C35H42ClN3O5S. The van der Waals surface area contributed by atoms with Crippen LogP contribution in [0.15, 0.2) is 73.8 Å². The summed E-state index contributed by atoms with van der Waals surface area (Å²) >= 11 is 8.21. The number of hydrogen-bond acceptors (Lipinski definition) is 6. The van der Waals surface area contributed by atoms with E-state index in [4.69, 9.17) is 16.3 Å². The molecule has 3 aliphatic rings. The molecule has 45 heavy (non-hydrogen) atoms. The molecule has 3 amide bonds. The van der Waals surface area contributed by atoms with Gasteiger partial charge in [-0.3, -0.25) is 14.4 Å². The third kappa shape index (κ3) is 5.47. The summed E-state index contributed by atoms with van der Waals surface area (Å²) in [5.41, 5.74) is 1.21. The summed E-state index contributed by atoms with van der Waals surface area (Å²) in [6, 6.07) is 13.0. The van der Waals surface area contributed by atoms with Crippen molar-refractivity contribution in [2.45, 2.75) is 55.7 Å². The van der Waals surface area contributed by atoms with Crippen LogP contribution in [0.2, 0.25) is 5.02 Å². The van der Waals surface area contributed by atoms with Crippen molar-refractivity contribution in [3.05, 3.63) is 78.9 Å². The monoisotopic (exact) mass is 651 g/mol. The molecule has 0 aliphatic carbocycles. The zero-order valence-electron chi connectivity index (χ0n) is 26.1. The zero-order valence-corrected chi connectivity index (χ0v) is 27.7. The number of halogens is 1. The molecule has 7 atom stereocenters. The first-order chi connectivity index (χ1) is 21.7. The molecule has 1 spiro atoms. The standard InChI is InChI=1S/C35H42ClN3O5S/c1-6-18-37(24-14-16-25(17-15-24)44-9-4)32(41)29-28-20-22(5)35(45-28)30(29)33(42)39(23(8-3)21-40)31(35)34(43)38(19-7-2)27-13-11-10-12-26(27)36/h6-7,10-17,22-23,28-31,40H,1-2,8-9,18-21H2,3-5H3/t22?,23-,28-,29+,30-,31?,35?/m0/s1. The number of benzene rings is 2. The number of carbonyl (C=O) groups excluding carboxylic acids is 3. The second-order valence-electron chi connectivity index (χ2n) is 11.9. The Balaban J connectivity index is 1.60. The Morgan fingerprint density at radius 2 is 1.78 bits per heavy atom. The summed E-state index contributed by atoms with van der Waals surface area (Å²) < 4.78 is 4.74. The van der Waals surface area contributed by atoms with E-state index in [0.717, 1.165) is 0 Å². The highest BCUT2D eigenvalue weighted by atomic mass is 35.5. The summed E-state index contributed by atoms with van der Waals surface area (Å²) in [5.74, 6) is -1.40. The van der Waals surface area contributed by atoms with Crippen molar-refractivity contribution < 1.29 is 24.2 Å². The largest absolute Gasteiger partial charge is 0.494 e. The number of thioether (sulfide) groups is 1. The lowest BCUT2D eigenvalue weighted by Gasteiger charge is -2.42. The molecule has 3 fully saturated rings. The molecule has 3 saturated heterocycles. The summed E-state index contributed by atoms with van der Waals surface area (Å²) in [4.78, 5) is 49.1. The number of aliphatic hydroxyl groups excluding tert-OH is 1. The minimum atomic E-state index is -0.899. The summed E-state index contributed by atoms with van der Waals surface area (Å²) in [6.07, 6.45) is 4.47. The molecule has 3 aliphatic heterocycles. The van der Waals surface area contributed by atoms with Gasteiger partial charge in [-0.1, -0.05) is 49.7 Å². The highest BCUT2D eigenvalue weighted by Crippen LogP contribution is 2.69. The van der Waals surface area contributed by atoms with Gasteiger partial charge in [0.25, 0.3) is 5.91 Å². The molecule has 0 saturated carbocycles. The topological polar surface area (TPSA) is 90.4 Å². The smallest absolute Gasteiger partial charge is 0.251 e. The number of para-hydroxylation sites is 1. The van der Waals surface area contributed by atoms with E-state index in [1.807, 2.05) is 44.2 Å². The quantitative estimate of drug-likeness (QED) is 0.284. The van der Waals surface area contributed by atoms with Crippen molar-refractivity contribution in [1.82, 2.24) is 4.90 Å². The van der Waals surface area contributed by atoms with E-state index in [9.17, 15) is 19.5 Å². The van der Waals surface area contributed by atoms with Crippen LogP contribution in [0.5, 0.6) is 5.75 Å². The Hall–Kier alpha value is -3.27. The van der Waals surface area contributed by atoms with Gasteiger partial charge < -0.3 is 24.5 Å². The number of ether oxygens (including phenoxy) is 1. The summed E-state index contributed by atoms with van der Waals surface area (Å²) in [6.45, 7) is 14.4. The molecular weight excluding hydrogens is 610 g/mol. The Bertz CT molecular complexity index is 1450. The maximum atomic E-state index is 14.9. The first-order valence-electron chi connectivity index (χ1n) is 15.6. The van der Waals surface area contributed by atoms with Crippen molar-refractivity contribution in [2.75, 3.05) is 36.1 Å². The van der Waals surface area contributed by atoms with Crippen molar-refractivity contribution >= 4 is 52.5 Å². The summed E-state index contributed by atoms with van der Waals surface area (Å²) in [5, 5.41) is 10.8. The number of likely N-dealkylation sites (tertiary alicyclic amines) is 1. The van der Waals surface area contributed by atoms with E-state index in [2.05, 4.69) is 20.1 Å². The van der Waals surface area contributed by atoms with Crippen LogP contribution in [-0.4, -0.2) is 76.1 Å². The fourth-order valence-electron chi connectivity index (χ4n) is 7.60. The van der Waals surface area contributed by atoms with Crippen LogP contribution in [0, 0.1) is 17.8 Å². The maximum Gasteiger partial charge on any atom is 0.251 e. The second-order valence-corrected chi connectivity index (χ2v) is 13.9. The highest BCUT2D eigenvalue weighted by molar-refractivity contribution is 8.02. The highest BCUT2D eigenvalue weighted by Gasteiger charge is 2.77. The predicted octanol–water partition coefficient (Wildman–Crippen LogP) is 5.59. The van der Waals surface area contributed by atoms with E-state index in [-0.39, 0.29) is 48.6 Å². The molecule has 8 nitrogen and oxygen atoms in total. The average molecular weight is 652 g/mol. The van der Waals surface area contributed by atoms with E-state index in [1.54, 1.807) is 56.8 Å². The van der Waals surface area contributed by atoms with Gasteiger partial charge >= 0.3 is 0 Å². The van der Waals surface area contributed by atoms with Gasteiger partial charge in [-0.15, -0.1) is 24.9 Å². The number of hydrogen-bond donors (Lipinski definition) is 1. The number of anilines is 2. The normalized spacial score (nSPS) is 27.2. The van der Waals surface area contributed by atoms with Crippen LogP contribution >= 0.6 is 23.4 Å². The molecule has 10 heteroatoms. The molecule has 2 aromatic rings. The number of fused-ring (bicyclic) bond motifs is 1. The first kappa shape index (κ1) is 33.1. The van der Waals surface area contributed by atoms with Gasteiger partial charge in [0.15, 0.2) is 0 Å². The van der Waals surface area contributed by atoms with Crippen LogP contribution in [0.25, 0.3) is 0 Å². The third-order valence-corrected chi connectivity index (χ3v) is 11.9. The first-order valence-corrected chi connectivity index (χ1v) is 16.9. The Labute approximate surface area is 275 Å². The molecule has 3 heterocycles. The maximum absolute atomic E-state index is 14.9. The van der Waals surface area contributed by atoms with Gasteiger partial charge in [0, 0.05) is 24.0 Å². The van der Waals surface area contributed by atoms with Gasteiger partial charge in [-0.05, 0) is 62.1 Å². The number of nitrogens with zero attached hydrogens (tertiary/aromatic N) is 3. The Kier molecular flexibility index (Phi) is 10.0. The van der Waals surface area contributed by atoms with Gasteiger partial charge in [0.05, 0.1) is 46.5 Å². The lowest BCUT2D eigenvalue weighted by Crippen LogP contribution is -2.59. The molecule has 240 valence electrons. The van der Waals surface area contributed by atoms with E-state index in [0.29, 0.717) is 41.6 Å². The second kappa shape index (κ2) is 13.6. The number of rotatable bonds is 13. The average Bonchev–Trinajstić information content (AvgIpc) is 3.63. The van der Waals surface area contributed by atoms with Crippen LogP contribution in [0.1, 0.15) is 33.6 Å². The van der Waals surface area contributed by atoms with Crippen LogP contribution in [0.3, 0.4) is 0 Å². The van der Waals surface area contributed by atoms with Crippen LogP contribution in [0.4, 0.5) is 11.4 Å². The van der Waals surface area contributed by atoms with E-state index >= 15 is 0 Å². The predicted molar refractivity (Wildman–Crippen MR) is 181 cm³/mol. The van der Waals surface area contributed by atoms with E-state index in [1.165, 1.54) is 0 Å². The van der Waals surface area contributed by atoms with Gasteiger partial charge in [0.1, 0.15) is 11.8 Å². The third-order valence-electron chi connectivity index (χ3n) is 9.54. The molecule has 3 unspecified atom stereocenters. The lowest BCUT2D eigenvalue weighted by atomic mass is 9.65. The molecule has 2 aromatic carbocycles. The molecule has 1 N–H and O–H groups in total. The Morgan fingerprint density at radius 3 is 2.38 bits per heavy atom. The zero-order chi connectivity index (χ0) is 32.5. The Morgan fingerprint density at radius 1 is 1.11 bits per heavy atom. The fraction of sp³-hybridized carbons (Fsp3) is 0.457. The van der Waals surface area contributed by atoms with Crippen molar-refractivity contribution in [1.29, 1.82) is 0 Å². The van der Waals surface area contributed by atoms with E-state index < -0.39 is 28.7 Å². The number of aliphatic hydroxyl groups is 1. The van der Waals surface area contributed by atoms with Crippen molar-refractivity contribution in [3.8, 4) is 5.75 Å². The van der Waals surface area contributed by atoms with Crippen molar-refractivity contribution in [2.24, 2.45) is 17.8 Å². The molecule has 0 aromatic heterocycles. The summed E-state index contributed by atoms with van der Waals surface area (Å²) in [7, 11) is 0. The minimum Gasteiger partial charge on any atom is -0.494 e. The van der Waals surface area contributed by atoms with Gasteiger partial charge in [-0.2, -0.15) is 0 Å². The lowest BCUT2D eigenvalue weighted by molar-refractivity contribution is -0.142. The van der Waals surface area contributed by atoms with Crippen LogP contribution < -0.4 is 14.5 Å². The number of carbonyl (C=O) groups is 3. The SMILES string of the molecule is C=CCN(C(=O)[C@@H]1[C@@H]2CC(C)C3(S2)C(C(=O)N(CC=C)c2ccccc2Cl)N([C@@H](CC)CO)C(=O)[C@H]13)c1ccc(OCC)cc1. The van der Waals surface area contributed by atoms with Crippen LogP contribution in [-0.2, 0) is 14.4 Å². The minimum absolute atomic E-state index is 0.0317. The van der Waals surface area contributed by atoms with Gasteiger partial charge in [-0.25, -0.2) is 0 Å².